The van der Waals surface area contributed by atoms with Crippen LogP contribution in [0.2, 0.25) is 0 Å². The number of ether oxygens (including phenoxy) is 1. The second-order valence-corrected chi connectivity index (χ2v) is 5.75. The molecule has 3 heteroatoms. The van der Waals surface area contributed by atoms with E-state index in [0.29, 0.717) is 0 Å². The molecule has 0 fully saturated rings. The second kappa shape index (κ2) is 7.46. The number of halogens is 1. The molecular weight excluding hydrogens is 314 g/mol. The maximum Gasteiger partial charge on any atom is 0.131 e. The van der Waals surface area contributed by atoms with Gasteiger partial charge in [0.2, 0.25) is 0 Å². The van der Waals surface area contributed by atoms with E-state index >= 15 is 0 Å². The Bertz CT molecular complexity index is 569. The van der Waals surface area contributed by atoms with Crippen LogP contribution in [-0.2, 0) is 6.54 Å². The zero-order valence-electron chi connectivity index (χ0n) is 11.9. The third-order valence-electron chi connectivity index (χ3n) is 3.03. The Hall–Kier alpha value is -1.32. The predicted molar refractivity (Wildman–Crippen MR) is 87.4 cm³/mol. The molecule has 0 spiro atoms. The summed E-state index contributed by atoms with van der Waals surface area (Å²) in [6.45, 7) is 6.13. The number of hydrogen-bond acceptors (Lipinski definition) is 2. The Morgan fingerprint density at radius 2 is 2.00 bits per heavy atom. The molecule has 0 saturated carbocycles. The van der Waals surface area contributed by atoms with Crippen LogP contribution < -0.4 is 10.1 Å². The third-order valence-corrected chi connectivity index (χ3v) is 3.53. The molecule has 0 aliphatic carbocycles. The number of nitrogens with one attached hydrogen (secondary N) is 1. The Kier molecular flexibility index (Phi) is 5.62. The predicted octanol–water partition coefficient (Wildman–Crippen LogP) is 5.05. The van der Waals surface area contributed by atoms with Crippen molar-refractivity contribution in [2.75, 3.05) is 6.54 Å². The van der Waals surface area contributed by atoms with Gasteiger partial charge in [0, 0.05) is 11.0 Å². The van der Waals surface area contributed by atoms with Crippen molar-refractivity contribution in [1.82, 2.24) is 5.32 Å². The Balaban J connectivity index is 2.09. The molecule has 0 saturated heterocycles. The van der Waals surface area contributed by atoms with E-state index in [4.69, 9.17) is 4.74 Å². The molecule has 2 nitrogen and oxygen atoms in total. The molecule has 0 aromatic heterocycles. The number of aryl methyl sites for hydroxylation is 1. The fourth-order valence-electron chi connectivity index (χ4n) is 1.94. The third kappa shape index (κ3) is 4.36. The smallest absolute Gasteiger partial charge is 0.131 e. The maximum atomic E-state index is 5.98. The average molecular weight is 334 g/mol. The fraction of sp³-hybridized carbons (Fsp3) is 0.294. The lowest BCUT2D eigenvalue weighted by atomic mass is 10.2. The van der Waals surface area contributed by atoms with Crippen molar-refractivity contribution >= 4 is 15.9 Å². The minimum Gasteiger partial charge on any atom is -0.457 e. The highest BCUT2D eigenvalue weighted by atomic mass is 79.9. The number of benzene rings is 2. The van der Waals surface area contributed by atoms with Crippen molar-refractivity contribution in [3.63, 3.8) is 0 Å². The summed E-state index contributed by atoms with van der Waals surface area (Å²) in [6.07, 6.45) is 1.15. The lowest BCUT2D eigenvalue weighted by molar-refractivity contribution is 0.477. The summed E-state index contributed by atoms with van der Waals surface area (Å²) in [5.41, 5.74) is 2.37. The molecule has 0 heterocycles. The van der Waals surface area contributed by atoms with E-state index in [2.05, 4.69) is 47.2 Å². The van der Waals surface area contributed by atoms with Crippen molar-refractivity contribution < 1.29 is 4.74 Å². The summed E-state index contributed by atoms with van der Waals surface area (Å²) in [5, 5.41) is 3.40. The van der Waals surface area contributed by atoms with Gasteiger partial charge in [-0.1, -0.05) is 41.1 Å². The SMILES string of the molecule is CCCNCc1cccc(Oc2cc(Br)ccc2C)c1. The molecule has 0 atom stereocenters. The maximum absolute atomic E-state index is 5.98. The van der Waals surface area contributed by atoms with Crippen LogP contribution in [0, 0.1) is 6.92 Å². The molecule has 1 N–H and O–H groups in total. The topological polar surface area (TPSA) is 21.3 Å². The first kappa shape index (κ1) is 15.1. The zero-order valence-corrected chi connectivity index (χ0v) is 13.5. The van der Waals surface area contributed by atoms with Gasteiger partial charge in [0.25, 0.3) is 0 Å². The minimum atomic E-state index is 0.877. The van der Waals surface area contributed by atoms with Crippen molar-refractivity contribution in [1.29, 1.82) is 0 Å². The molecule has 0 aliphatic heterocycles. The van der Waals surface area contributed by atoms with Gasteiger partial charge in [-0.3, -0.25) is 0 Å². The Morgan fingerprint density at radius 1 is 1.15 bits per heavy atom. The first-order valence-electron chi connectivity index (χ1n) is 6.92. The highest BCUT2D eigenvalue weighted by Crippen LogP contribution is 2.28. The van der Waals surface area contributed by atoms with Crippen LogP contribution >= 0.6 is 15.9 Å². The molecule has 0 unspecified atom stereocenters. The normalized spacial score (nSPS) is 10.6. The molecule has 106 valence electrons. The Morgan fingerprint density at radius 3 is 2.80 bits per heavy atom. The van der Waals surface area contributed by atoms with Crippen LogP contribution in [0.3, 0.4) is 0 Å². The molecular formula is C17H20BrNO. The first-order chi connectivity index (χ1) is 9.69. The van der Waals surface area contributed by atoms with Crippen LogP contribution in [0.4, 0.5) is 0 Å². The summed E-state index contributed by atoms with van der Waals surface area (Å²) < 4.78 is 7.01. The lowest BCUT2D eigenvalue weighted by Gasteiger charge is -2.11. The van der Waals surface area contributed by atoms with E-state index in [-0.39, 0.29) is 0 Å². The highest BCUT2D eigenvalue weighted by molar-refractivity contribution is 9.10. The van der Waals surface area contributed by atoms with E-state index in [9.17, 15) is 0 Å². The highest BCUT2D eigenvalue weighted by Gasteiger charge is 2.03. The molecule has 2 aromatic carbocycles. The van der Waals surface area contributed by atoms with Crippen LogP contribution in [-0.4, -0.2) is 6.54 Å². The standard InChI is InChI=1S/C17H20BrNO/c1-3-9-19-12-14-5-4-6-16(10-14)20-17-11-15(18)8-7-13(17)2/h4-8,10-11,19H,3,9,12H2,1-2H3. The summed E-state index contributed by atoms with van der Waals surface area (Å²) >= 11 is 3.48. The van der Waals surface area contributed by atoms with Crippen molar-refractivity contribution in [3.05, 3.63) is 58.1 Å². The van der Waals surface area contributed by atoms with E-state index in [1.165, 1.54) is 5.56 Å². The van der Waals surface area contributed by atoms with E-state index < -0.39 is 0 Å². The van der Waals surface area contributed by atoms with Gasteiger partial charge in [-0.2, -0.15) is 0 Å². The molecule has 0 amide bonds. The van der Waals surface area contributed by atoms with Crippen LogP contribution in [0.15, 0.2) is 46.9 Å². The number of rotatable bonds is 6. The van der Waals surface area contributed by atoms with Crippen molar-refractivity contribution in [3.8, 4) is 11.5 Å². The molecule has 2 aromatic rings. The quantitative estimate of drug-likeness (QED) is 0.747. The van der Waals surface area contributed by atoms with Gasteiger partial charge in [0.1, 0.15) is 11.5 Å². The molecule has 2 rings (SSSR count). The first-order valence-corrected chi connectivity index (χ1v) is 7.72. The van der Waals surface area contributed by atoms with E-state index in [1.54, 1.807) is 0 Å². The molecule has 0 aliphatic rings. The lowest BCUT2D eigenvalue weighted by Crippen LogP contribution is -2.13. The summed E-state index contributed by atoms with van der Waals surface area (Å²) in [4.78, 5) is 0. The number of hydrogen-bond donors (Lipinski definition) is 1. The van der Waals surface area contributed by atoms with Gasteiger partial charge in [0.05, 0.1) is 0 Å². The largest absolute Gasteiger partial charge is 0.457 e. The molecule has 0 bridgehead atoms. The van der Waals surface area contributed by atoms with Gasteiger partial charge < -0.3 is 10.1 Å². The van der Waals surface area contributed by atoms with Crippen molar-refractivity contribution in [2.45, 2.75) is 26.8 Å². The van der Waals surface area contributed by atoms with Crippen LogP contribution in [0.25, 0.3) is 0 Å². The molecule has 0 radical (unpaired) electrons. The summed E-state index contributed by atoms with van der Waals surface area (Å²) in [5.74, 6) is 1.76. The van der Waals surface area contributed by atoms with Gasteiger partial charge in [-0.25, -0.2) is 0 Å². The van der Waals surface area contributed by atoms with Crippen LogP contribution in [0.5, 0.6) is 11.5 Å². The summed E-state index contributed by atoms with van der Waals surface area (Å²) in [6, 6.07) is 14.3. The van der Waals surface area contributed by atoms with Gasteiger partial charge in [-0.15, -0.1) is 0 Å². The summed E-state index contributed by atoms with van der Waals surface area (Å²) in [7, 11) is 0. The average Bonchev–Trinajstić information content (AvgIpc) is 2.44. The van der Waals surface area contributed by atoms with Crippen LogP contribution in [0.1, 0.15) is 24.5 Å². The minimum absolute atomic E-state index is 0.877. The fourth-order valence-corrected chi connectivity index (χ4v) is 2.28. The second-order valence-electron chi connectivity index (χ2n) is 4.84. The monoisotopic (exact) mass is 333 g/mol. The molecule has 20 heavy (non-hydrogen) atoms. The Labute approximate surface area is 129 Å². The van der Waals surface area contributed by atoms with Gasteiger partial charge in [0.15, 0.2) is 0 Å². The van der Waals surface area contributed by atoms with Crippen molar-refractivity contribution in [2.24, 2.45) is 0 Å². The van der Waals surface area contributed by atoms with E-state index in [0.717, 1.165) is 41.0 Å². The van der Waals surface area contributed by atoms with E-state index in [1.807, 2.05) is 30.3 Å². The zero-order chi connectivity index (χ0) is 14.4. The van der Waals surface area contributed by atoms with Gasteiger partial charge >= 0.3 is 0 Å². The van der Waals surface area contributed by atoms with Gasteiger partial charge in [-0.05, 0) is 55.3 Å².